The van der Waals surface area contributed by atoms with Gasteiger partial charge in [0.2, 0.25) is 5.91 Å². The van der Waals surface area contributed by atoms with Crippen molar-refractivity contribution in [3.8, 4) is 5.75 Å². The third-order valence-corrected chi connectivity index (χ3v) is 5.18. The van der Waals surface area contributed by atoms with Crippen LogP contribution in [0, 0.1) is 5.41 Å². The van der Waals surface area contributed by atoms with Gasteiger partial charge in [-0.05, 0) is 47.2 Å². The van der Waals surface area contributed by atoms with Gasteiger partial charge in [-0.3, -0.25) is 9.59 Å². The van der Waals surface area contributed by atoms with Gasteiger partial charge in [-0.1, -0.05) is 66.7 Å². The molecular formula is C26H36N2O3. The molecule has 0 spiro atoms. The third kappa shape index (κ3) is 6.33. The summed E-state index contributed by atoms with van der Waals surface area (Å²) in [5.74, 6) is 1.02. The normalized spacial score (nSPS) is 11.5. The lowest BCUT2D eigenvalue weighted by atomic mass is 9.92. The molecule has 0 heterocycles. The first-order valence-corrected chi connectivity index (χ1v) is 10.9. The highest BCUT2D eigenvalue weighted by Crippen LogP contribution is 2.32. The predicted molar refractivity (Wildman–Crippen MR) is 128 cm³/mol. The van der Waals surface area contributed by atoms with E-state index in [0.717, 1.165) is 22.5 Å². The molecule has 0 bridgehead atoms. The van der Waals surface area contributed by atoms with Gasteiger partial charge in [-0.15, -0.1) is 0 Å². The van der Waals surface area contributed by atoms with E-state index < -0.39 is 5.41 Å². The molecule has 1 N–H and O–H groups in total. The van der Waals surface area contributed by atoms with Crippen LogP contribution in [0.5, 0.6) is 5.75 Å². The molecule has 0 aromatic heterocycles. The minimum absolute atomic E-state index is 0.0327. The van der Waals surface area contributed by atoms with Crippen LogP contribution in [0.3, 0.4) is 0 Å². The first-order chi connectivity index (χ1) is 14.4. The molecule has 0 atom stereocenters. The Hall–Kier alpha value is -2.82. The van der Waals surface area contributed by atoms with Crippen LogP contribution in [0.1, 0.15) is 71.4 Å². The smallest absolute Gasteiger partial charge is 0.262 e. The first kappa shape index (κ1) is 24.4. The van der Waals surface area contributed by atoms with Gasteiger partial charge in [-0.2, -0.15) is 0 Å². The van der Waals surface area contributed by atoms with Crippen LogP contribution in [0.2, 0.25) is 0 Å². The van der Waals surface area contributed by atoms with Gasteiger partial charge < -0.3 is 15.0 Å². The average Bonchev–Trinajstić information content (AvgIpc) is 2.70. The van der Waals surface area contributed by atoms with E-state index in [1.54, 1.807) is 24.1 Å². The Morgan fingerprint density at radius 2 is 1.45 bits per heavy atom. The minimum atomic E-state index is -0.455. The van der Waals surface area contributed by atoms with Crippen molar-refractivity contribution in [1.82, 2.24) is 0 Å². The quantitative estimate of drug-likeness (QED) is 0.596. The number of hydrogen-bond donors (Lipinski definition) is 1. The first-order valence-electron chi connectivity index (χ1n) is 10.9. The molecule has 5 heteroatoms. The SMILES string of the molecule is CC(C)c1cccc(C(C)C)c1NC(=O)COc1ccc(N(C)C(=O)C(C)(C)C)cc1. The van der Waals surface area contributed by atoms with Crippen LogP contribution < -0.4 is 15.0 Å². The number of ether oxygens (including phenoxy) is 1. The molecule has 0 unspecified atom stereocenters. The van der Waals surface area contributed by atoms with Gasteiger partial charge in [0.05, 0.1) is 0 Å². The maximum Gasteiger partial charge on any atom is 0.262 e. The van der Waals surface area contributed by atoms with Gasteiger partial charge in [0, 0.05) is 23.8 Å². The fourth-order valence-corrected chi connectivity index (χ4v) is 3.41. The van der Waals surface area contributed by atoms with E-state index in [2.05, 4.69) is 45.1 Å². The number of amides is 2. The van der Waals surface area contributed by atoms with Crippen LogP contribution in [0.15, 0.2) is 42.5 Å². The van der Waals surface area contributed by atoms with Crippen molar-refractivity contribution >= 4 is 23.2 Å². The Morgan fingerprint density at radius 3 is 1.90 bits per heavy atom. The number of nitrogens with zero attached hydrogens (tertiary/aromatic N) is 1. The standard InChI is InChI=1S/C26H36N2O3/c1-17(2)21-10-9-11-22(18(3)4)24(21)27-23(29)16-31-20-14-12-19(13-15-20)28(8)25(30)26(5,6)7/h9-15,17-18H,16H2,1-8H3,(H,27,29). The number of carbonyl (C=O) groups excluding carboxylic acids is 2. The summed E-state index contributed by atoms with van der Waals surface area (Å²) in [5.41, 5.74) is 3.46. The zero-order valence-corrected chi connectivity index (χ0v) is 20.1. The average molecular weight is 425 g/mol. The Bertz CT molecular complexity index is 883. The topological polar surface area (TPSA) is 58.6 Å². The zero-order valence-electron chi connectivity index (χ0n) is 20.1. The number of anilines is 2. The number of carbonyl (C=O) groups is 2. The lowest BCUT2D eigenvalue weighted by Crippen LogP contribution is -2.36. The second kappa shape index (κ2) is 9.99. The van der Waals surface area contributed by atoms with Gasteiger partial charge in [-0.25, -0.2) is 0 Å². The molecule has 0 aliphatic rings. The van der Waals surface area contributed by atoms with Crippen LogP contribution in [0.4, 0.5) is 11.4 Å². The van der Waals surface area contributed by atoms with Crippen molar-refractivity contribution in [3.05, 3.63) is 53.6 Å². The van der Waals surface area contributed by atoms with Crippen molar-refractivity contribution < 1.29 is 14.3 Å². The molecule has 0 fully saturated rings. The fourth-order valence-electron chi connectivity index (χ4n) is 3.41. The van der Waals surface area contributed by atoms with Crippen molar-refractivity contribution in [2.24, 2.45) is 5.41 Å². The largest absolute Gasteiger partial charge is 0.484 e. The summed E-state index contributed by atoms with van der Waals surface area (Å²) in [4.78, 5) is 26.7. The van der Waals surface area contributed by atoms with Gasteiger partial charge >= 0.3 is 0 Å². The predicted octanol–water partition coefficient (Wildman–Crippen LogP) is 5.96. The molecule has 2 aromatic carbocycles. The second-order valence-electron chi connectivity index (χ2n) is 9.57. The molecule has 31 heavy (non-hydrogen) atoms. The highest BCUT2D eigenvalue weighted by Gasteiger charge is 2.25. The van der Waals surface area contributed by atoms with Crippen molar-refractivity contribution in [1.29, 1.82) is 0 Å². The van der Waals surface area contributed by atoms with Crippen LogP contribution >= 0.6 is 0 Å². The monoisotopic (exact) mass is 424 g/mol. The summed E-state index contributed by atoms with van der Waals surface area (Å²) in [7, 11) is 1.76. The summed E-state index contributed by atoms with van der Waals surface area (Å²) in [5, 5.41) is 3.06. The molecule has 0 radical (unpaired) electrons. The van der Waals surface area contributed by atoms with Crippen LogP contribution in [-0.2, 0) is 9.59 Å². The lowest BCUT2D eigenvalue weighted by Gasteiger charge is -2.26. The molecule has 0 aliphatic carbocycles. The number of nitrogens with one attached hydrogen (secondary N) is 1. The molecule has 5 nitrogen and oxygen atoms in total. The maximum absolute atomic E-state index is 12.6. The number of hydrogen-bond acceptors (Lipinski definition) is 3. The van der Waals surface area contributed by atoms with E-state index in [0.29, 0.717) is 17.6 Å². The van der Waals surface area contributed by atoms with E-state index >= 15 is 0 Å². The summed E-state index contributed by atoms with van der Waals surface area (Å²) < 4.78 is 5.69. The van der Waals surface area contributed by atoms with Crippen molar-refractivity contribution in [3.63, 3.8) is 0 Å². The van der Waals surface area contributed by atoms with Gasteiger partial charge in [0.25, 0.3) is 5.91 Å². The summed E-state index contributed by atoms with van der Waals surface area (Å²) >= 11 is 0. The van der Waals surface area contributed by atoms with E-state index in [-0.39, 0.29) is 18.4 Å². The van der Waals surface area contributed by atoms with Crippen molar-refractivity contribution in [2.75, 3.05) is 23.9 Å². The summed E-state index contributed by atoms with van der Waals surface area (Å²) in [6.07, 6.45) is 0. The number of rotatable bonds is 7. The molecule has 0 saturated heterocycles. The second-order valence-corrected chi connectivity index (χ2v) is 9.57. The highest BCUT2D eigenvalue weighted by atomic mass is 16.5. The third-order valence-electron chi connectivity index (χ3n) is 5.18. The number of benzene rings is 2. The molecule has 168 valence electrons. The van der Waals surface area contributed by atoms with E-state index in [9.17, 15) is 9.59 Å². The van der Waals surface area contributed by atoms with Crippen molar-refractivity contribution in [2.45, 2.75) is 60.3 Å². The van der Waals surface area contributed by atoms with E-state index in [4.69, 9.17) is 4.74 Å². The molecule has 2 rings (SSSR count). The zero-order chi connectivity index (χ0) is 23.3. The summed E-state index contributed by atoms with van der Waals surface area (Å²) in [6, 6.07) is 13.3. The molecule has 2 aromatic rings. The number of para-hydroxylation sites is 1. The van der Waals surface area contributed by atoms with Crippen LogP contribution in [0.25, 0.3) is 0 Å². The van der Waals surface area contributed by atoms with Gasteiger partial charge in [0.1, 0.15) is 5.75 Å². The van der Waals surface area contributed by atoms with Crippen LogP contribution in [-0.4, -0.2) is 25.5 Å². The Balaban J connectivity index is 2.05. The summed E-state index contributed by atoms with van der Waals surface area (Å²) in [6.45, 7) is 14.1. The Kier molecular flexibility index (Phi) is 7.88. The molecular weight excluding hydrogens is 388 g/mol. The van der Waals surface area contributed by atoms with Gasteiger partial charge in [0.15, 0.2) is 6.61 Å². The Morgan fingerprint density at radius 1 is 0.935 bits per heavy atom. The molecule has 0 aliphatic heterocycles. The maximum atomic E-state index is 12.6. The molecule has 0 saturated carbocycles. The van der Waals surface area contributed by atoms with E-state index in [1.807, 2.05) is 39.0 Å². The molecule has 2 amide bonds. The Labute approximate surface area is 186 Å². The highest BCUT2D eigenvalue weighted by molar-refractivity contribution is 5.96. The fraction of sp³-hybridized carbons (Fsp3) is 0.462. The lowest BCUT2D eigenvalue weighted by molar-refractivity contribution is -0.125. The van der Waals surface area contributed by atoms with E-state index in [1.165, 1.54) is 0 Å². The minimum Gasteiger partial charge on any atom is -0.484 e.